The molecule has 1 rings (SSSR count). The molecule has 0 bridgehead atoms. The van der Waals surface area contributed by atoms with E-state index in [9.17, 15) is 4.79 Å². The Balaban J connectivity index is 3.43. The highest BCUT2D eigenvalue weighted by atomic mass is 35.5. The molecule has 1 heterocycles. The Hall–Kier alpha value is -0.540. The lowest BCUT2D eigenvalue weighted by atomic mass is 10.6. The zero-order valence-electron chi connectivity index (χ0n) is 5.14. The first-order valence-electron chi connectivity index (χ1n) is 2.50. The molecule has 0 aromatic carbocycles. The maximum absolute atomic E-state index is 10.7. The van der Waals surface area contributed by atoms with Gasteiger partial charge in [0.2, 0.25) is 5.43 Å². The summed E-state index contributed by atoms with van der Waals surface area (Å²) >= 11 is 10.9. The quantitative estimate of drug-likeness (QED) is 0.597. The average Bonchev–Trinajstić information content (AvgIpc) is 1.84. The number of nitrogens with zero attached hydrogens (tertiary/aromatic N) is 2. The zero-order chi connectivity index (χ0) is 7.72. The molecule has 0 aliphatic rings. The Morgan fingerprint density at radius 3 is 2.70 bits per heavy atom. The molecule has 10 heavy (non-hydrogen) atoms. The molecule has 0 fully saturated rings. The Morgan fingerprint density at radius 2 is 2.20 bits per heavy atom. The van der Waals surface area contributed by atoms with Gasteiger partial charge in [-0.15, -0.1) is 0 Å². The fourth-order valence-corrected chi connectivity index (χ4v) is 0.795. The Labute approximate surface area is 67.2 Å². The number of halogens is 2. The van der Waals surface area contributed by atoms with Crippen LogP contribution in [-0.2, 0) is 7.05 Å². The minimum atomic E-state index is -0.357. The lowest BCUT2D eigenvalue weighted by Crippen LogP contribution is -2.09. The summed E-state index contributed by atoms with van der Waals surface area (Å²) in [6.45, 7) is 0. The SMILES string of the molecule is Cn1nc(Cl)c(=O)cc1Cl. The van der Waals surface area contributed by atoms with Crippen LogP contribution in [0.3, 0.4) is 0 Å². The van der Waals surface area contributed by atoms with E-state index in [1.807, 2.05) is 0 Å². The van der Waals surface area contributed by atoms with Gasteiger partial charge < -0.3 is 0 Å². The van der Waals surface area contributed by atoms with Crippen molar-refractivity contribution >= 4 is 23.2 Å². The van der Waals surface area contributed by atoms with E-state index in [2.05, 4.69) is 5.10 Å². The monoisotopic (exact) mass is 178 g/mol. The molecule has 0 N–H and O–H groups in total. The molecule has 0 saturated heterocycles. The van der Waals surface area contributed by atoms with Crippen molar-refractivity contribution in [3.63, 3.8) is 0 Å². The topological polar surface area (TPSA) is 34.9 Å². The van der Waals surface area contributed by atoms with E-state index in [0.29, 0.717) is 0 Å². The van der Waals surface area contributed by atoms with Gasteiger partial charge in [-0.1, -0.05) is 23.2 Å². The molecule has 0 saturated carbocycles. The van der Waals surface area contributed by atoms with Crippen LogP contribution in [0.1, 0.15) is 0 Å². The molecule has 0 aliphatic heterocycles. The summed E-state index contributed by atoms with van der Waals surface area (Å²) in [6, 6.07) is 1.22. The van der Waals surface area contributed by atoms with E-state index >= 15 is 0 Å². The Kier molecular flexibility index (Phi) is 1.97. The van der Waals surface area contributed by atoms with Crippen LogP contribution < -0.4 is 5.43 Å². The van der Waals surface area contributed by atoms with Gasteiger partial charge in [0.25, 0.3) is 0 Å². The third-order valence-electron chi connectivity index (χ3n) is 1.00. The molecular weight excluding hydrogens is 175 g/mol. The van der Waals surface area contributed by atoms with Crippen molar-refractivity contribution in [1.82, 2.24) is 9.78 Å². The van der Waals surface area contributed by atoms with Crippen molar-refractivity contribution in [1.29, 1.82) is 0 Å². The third-order valence-corrected chi connectivity index (χ3v) is 1.62. The van der Waals surface area contributed by atoms with Gasteiger partial charge >= 0.3 is 0 Å². The van der Waals surface area contributed by atoms with Crippen molar-refractivity contribution in [3.05, 3.63) is 26.6 Å². The summed E-state index contributed by atoms with van der Waals surface area (Å²) in [4.78, 5) is 10.7. The number of hydrogen-bond donors (Lipinski definition) is 0. The van der Waals surface area contributed by atoms with Crippen LogP contribution in [0.15, 0.2) is 10.9 Å². The number of aromatic nitrogens is 2. The van der Waals surface area contributed by atoms with Crippen LogP contribution in [0.25, 0.3) is 0 Å². The van der Waals surface area contributed by atoms with Crippen molar-refractivity contribution in [3.8, 4) is 0 Å². The summed E-state index contributed by atoms with van der Waals surface area (Å²) in [5.41, 5.74) is -0.357. The molecule has 0 atom stereocenters. The Bertz CT molecular complexity index is 307. The zero-order valence-corrected chi connectivity index (χ0v) is 6.65. The molecule has 0 unspecified atom stereocenters. The summed E-state index contributed by atoms with van der Waals surface area (Å²) in [5.74, 6) is 0. The predicted octanol–water partition coefficient (Wildman–Crippen LogP) is 1.09. The van der Waals surface area contributed by atoms with Gasteiger partial charge in [0, 0.05) is 13.1 Å². The van der Waals surface area contributed by atoms with Gasteiger partial charge in [-0.25, -0.2) is 0 Å². The minimum absolute atomic E-state index is 0.0631. The van der Waals surface area contributed by atoms with Crippen molar-refractivity contribution in [2.45, 2.75) is 0 Å². The van der Waals surface area contributed by atoms with Gasteiger partial charge in [-0.3, -0.25) is 9.48 Å². The van der Waals surface area contributed by atoms with Crippen molar-refractivity contribution < 1.29 is 0 Å². The molecule has 1 aromatic heterocycles. The molecule has 1 aromatic rings. The van der Waals surface area contributed by atoms with E-state index in [-0.39, 0.29) is 15.7 Å². The molecule has 0 radical (unpaired) electrons. The first-order valence-corrected chi connectivity index (χ1v) is 3.26. The lowest BCUT2D eigenvalue weighted by molar-refractivity contribution is 0.736. The second-order valence-corrected chi connectivity index (χ2v) is 2.49. The van der Waals surface area contributed by atoms with Gasteiger partial charge in [-0.2, -0.15) is 5.10 Å². The number of hydrogen-bond acceptors (Lipinski definition) is 2. The van der Waals surface area contributed by atoms with Crippen LogP contribution in [-0.4, -0.2) is 9.78 Å². The van der Waals surface area contributed by atoms with Gasteiger partial charge in [-0.05, 0) is 0 Å². The van der Waals surface area contributed by atoms with E-state index in [1.165, 1.54) is 10.7 Å². The molecule has 54 valence electrons. The first-order chi connectivity index (χ1) is 4.61. The maximum Gasteiger partial charge on any atom is 0.220 e. The van der Waals surface area contributed by atoms with E-state index < -0.39 is 0 Å². The molecule has 3 nitrogen and oxygen atoms in total. The number of aryl methyl sites for hydroxylation is 1. The Morgan fingerprint density at radius 1 is 1.60 bits per heavy atom. The first kappa shape index (κ1) is 7.57. The fraction of sp³-hybridized carbons (Fsp3) is 0.200. The largest absolute Gasteiger partial charge is 0.286 e. The normalized spacial score (nSPS) is 9.90. The summed E-state index contributed by atoms with van der Waals surface area (Å²) in [5, 5.41) is 3.82. The van der Waals surface area contributed by atoms with Crippen LogP contribution in [0.4, 0.5) is 0 Å². The van der Waals surface area contributed by atoms with Crippen LogP contribution in [0.2, 0.25) is 10.3 Å². The summed E-state index contributed by atoms with van der Waals surface area (Å²) in [6.07, 6.45) is 0. The van der Waals surface area contributed by atoms with Crippen molar-refractivity contribution in [2.24, 2.45) is 7.05 Å². The highest BCUT2D eigenvalue weighted by Gasteiger charge is 1.99. The predicted molar refractivity (Wildman–Crippen MR) is 39.5 cm³/mol. The summed E-state index contributed by atoms with van der Waals surface area (Å²) in [7, 11) is 1.60. The minimum Gasteiger partial charge on any atom is -0.286 e. The molecule has 0 amide bonds. The van der Waals surface area contributed by atoms with E-state index in [1.54, 1.807) is 7.05 Å². The average molecular weight is 179 g/mol. The highest BCUT2D eigenvalue weighted by molar-refractivity contribution is 6.31. The highest BCUT2D eigenvalue weighted by Crippen LogP contribution is 2.03. The molecule has 5 heteroatoms. The van der Waals surface area contributed by atoms with Crippen LogP contribution >= 0.6 is 23.2 Å². The third kappa shape index (κ3) is 1.30. The summed E-state index contributed by atoms with van der Waals surface area (Å²) < 4.78 is 1.32. The smallest absolute Gasteiger partial charge is 0.220 e. The fourth-order valence-electron chi connectivity index (χ4n) is 0.490. The van der Waals surface area contributed by atoms with Gasteiger partial charge in [0.05, 0.1) is 0 Å². The van der Waals surface area contributed by atoms with Crippen LogP contribution in [0, 0.1) is 0 Å². The molecule has 0 spiro atoms. The second kappa shape index (κ2) is 2.60. The van der Waals surface area contributed by atoms with E-state index in [0.717, 1.165) is 0 Å². The lowest BCUT2D eigenvalue weighted by Gasteiger charge is -1.97. The van der Waals surface area contributed by atoms with Gasteiger partial charge in [0.1, 0.15) is 5.15 Å². The number of rotatable bonds is 0. The van der Waals surface area contributed by atoms with Crippen molar-refractivity contribution in [2.75, 3.05) is 0 Å². The maximum atomic E-state index is 10.7. The molecular formula is C5H4Cl2N2O. The van der Waals surface area contributed by atoms with Gasteiger partial charge in [0.15, 0.2) is 5.15 Å². The second-order valence-electron chi connectivity index (χ2n) is 1.75. The van der Waals surface area contributed by atoms with E-state index in [4.69, 9.17) is 23.2 Å². The van der Waals surface area contributed by atoms with Crippen LogP contribution in [0.5, 0.6) is 0 Å². The molecule has 0 aliphatic carbocycles. The standard InChI is InChI=1S/C5H4Cl2N2O/c1-9-4(6)2-3(10)5(7)8-9/h2H,1H3.